The van der Waals surface area contributed by atoms with Gasteiger partial charge in [0.05, 0.1) is 16.3 Å². The second kappa shape index (κ2) is 8.22. The molecule has 0 radical (unpaired) electrons. The van der Waals surface area contributed by atoms with Crippen molar-refractivity contribution in [3.8, 4) is 17.1 Å². The highest BCUT2D eigenvalue weighted by Gasteiger charge is 2.30. The largest absolute Gasteiger partial charge is 0.416 e. The first-order valence-electron chi connectivity index (χ1n) is 9.66. The van der Waals surface area contributed by atoms with Crippen LogP contribution in [0.2, 0.25) is 5.02 Å². The highest BCUT2D eigenvalue weighted by molar-refractivity contribution is 6.33. The number of amides is 1. The van der Waals surface area contributed by atoms with Gasteiger partial charge in [0, 0.05) is 18.0 Å². The lowest BCUT2D eigenvalue weighted by atomic mass is 9.85. The molecule has 2 aromatic carbocycles. The van der Waals surface area contributed by atoms with Crippen molar-refractivity contribution in [1.29, 1.82) is 0 Å². The Bertz CT molecular complexity index is 1160. The van der Waals surface area contributed by atoms with Gasteiger partial charge < -0.3 is 5.32 Å². The van der Waals surface area contributed by atoms with Crippen molar-refractivity contribution in [2.45, 2.75) is 32.0 Å². The zero-order chi connectivity index (χ0) is 22.2. The summed E-state index contributed by atoms with van der Waals surface area (Å²) in [5.74, 6) is 0.257. The maximum absolute atomic E-state index is 12.8. The number of H-pyrrole nitrogens is 1. The summed E-state index contributed by atoms with van der Waals surface area (Å²) >= 11 is 6.27. The Hall–Kier alpha value is -3.07. The van der Waals surface area contributed by atoms with Crippen molar-refractivity contribution < 1.29 is 18.0 Å². The minimum atomic E-state index is -4.47. The Balaban J connectivity index is 1.57. The number of alkyl halides is 3. The molecule has 0 bridgehead atoms. The van der Waals surface area contributed by atoms with E-state index >= 15 is 0 Å². The molecule has 0 aliphatic heterocycles. The zero-order valence-corrected chi connectivity index (χ0v) is 16.9. The Morgan fingerprint density at radius 2 is 1.90 bits per heavy atom. The van der Waals surface area contributed by atoms with Crippen molar-refractivity contribution in [3.63, 3.8) is 0 Å². The van der Waals surface area contributed by atoms with Gasteiger partial charge in [-0.15, -0.1) is 5.10 Å². The Labute approximate surface area is 180 Å². The molecule has 1 heterocycles. The van der Waals surface area contributed by atoms with Crippen molar-refractivity contribution in [1.82, 2.24) is 20.1 Å². The summed E-state index contributed by atoms with van der Waals surface area (Å²) in [6.45, 7) is 0.309. The third-order valence-electron chi connectivity index (χ3n) is 5.29. The highest BCUT2D eigenvalue weighted by atomic mass is 35.5. The van der Waals surface area contributed by atoms with Crippen molar-refractivity contribution in [2.24, 2.45) is 5.92 Å². The van der Waals surface area contributed by atoms with E-state index in [1.165, 1.54) is 12.1 Å². The van der Waals surface area contributed by atoms with Crippen LogP contribution in [0.1, 0.15) is 30.4 Å². The fourth-order valence-electron chi connectivity index (χ4n) is 3.28. The highest BCUT2D eigenvalue weighted by Crippen LogP contribution is 2.30. The minimum Gasteiger partial charge on any atom is -0.352 e. The van der Waals surface area contributed by atoms with Crippen LogP contribution in [0.15, 0.2) is 47.3 Å². The normalized spacial score (nSPS) is 14.3. The molecule has 4 rings (SSSR count). The number of hydrogen-bond acceptors (Lipinski definition) is 3. The predicted octanol–water partition coefficient (Wildman–Crippen LogP) is 4.32. The molecular weight excluding hydrogens is 433 g/mol. The number of aromatic amines is 1. The van der Waals surface area contributed by atoms with E-state index in [1.807, 2.05) is 0 Å². The number of halogens is 4. The molecule has 0 atom stereocenters. The number of hydrogen-bond donors (Lipinski definition) is 2. The van der Waals surface area contributed by atoms with Crippen LogP contribution in [0.3, 0.4) is 0 Å². The molecule has 3 aromatic rings. The Morgan fingerprint density at radius 1 is 1.19 bits per heavy atom. The number of benzene rings is 2. The molecule has 31 heavy (non-hydrogen) atoms. The monoisotopic (exact) mass is 450 g/mol. The van der Waals surface area contributed by atoms with Crippen LogP contribution < -0.4 is 11.0 Å². The lowest BCUT2D eigenvalue weighted by Crippen LogP contribution is -2.33. The van der Waals surface area contributed by atoms with Gasteiger partial charge in [-0.1, -0.05) is 24.1 Å². The summed E-state index contributed by atoms with van der Waals surface area (Å²) in [5, 5.41) is 7.41. The van der Waals surface area contributed by atoms with E-state index in [2.05, 4.69) is 15.4 Å². The predicted molar refractivity (Wildman–Crippen MR) is 109 cm³/mol. The van der Waals surface area contributed by atoms with Crippen LogP contribution in [0.4, 0.5) is 13.2 Å². The first kappa shape index (κ1) is 21.2. The molecule has 1 aliphatic rings. The molecule has 2 N–H and O–H groups in total. The van der Waals surface area contributed by atoms with E-state index in [-0.39, 0.29) is 23.3 Å². The van der Waals surface area contributed by atoms with Gasteiger partial charge in [-0.2, -0.15) is 17.9 Å². The average Bonchev–Trinajstić information content (AvgIpc) is 3.07. The van der Waals surface area contributed by atoms with Gasteiger partial charge in [0.1, 0.15) is 0 Å². The molecule has 1 amide bonds. The molecule has 0 spiro atoms. The molecule has 1 aliphatic carbocycles. The molecule has 1 fully saturated rings. The Kier molecular flexibility index (Phi) is 5.62. The maximum Gasteiger partial charge on any atom is 0.416 e. The number of aromatic nitrogens is 3. The molecule has 1 saturated carbocycles. The van der Waals surface area contributed by atoms with Gasteiger partial charge in [0.2, 0.25) is 5.91 Å². The van der Waals surface area contributed by atoms with Gasteiger partial charge in [-0.05, 0) is 54.8 Å². The van der Waals surface area contributed by atoms with E-state index in [1.54, 1.807) is 18.2 Å². The standard InChI is InChI=1S/C21H18ClF3N4O2/c22-17-9-4-12(11-26-19(30)13-2-1-3-13)10-16(17)18-27-20(31)29(28-18)15-7-5-14(6-8-15)21(23,24)25/h4-10,13H,1-3,11H2,(H,26,30)(H,27,28,31). The van der Waals surface area contributed by atoms with Gasteiger partial charge >= 0.3 is 11.9 Å². The fourth-order valence-corrected chi connectivity index (χ4v) is 3.49. The Morgan fingerprint density at radius 3 is 2.52 bits per heavy atom. The SMILES string of the molecule is O=C(NCc1ccc(Cl)c(-c2nn(-c3ccc(C(F)(F)F)cc3)c(=O)[nH]2)c1)C1CCC1. The number of nitrogens with one attached hydrogen (secondary N) is 2. The van der Waals surface area contributed by atoms with Crippen molar-refractivity contribution >= 4 is 17.5 Å². The lowest BCUT2D eigenvalue weighted by Gasteiger charge is -2.24. The average molecular weight is 451 g/mol. The summed E-state index contributed by atoms with van der Waals surface area (Å²) in [6, 6.07) is 9.21. The second-order valence-corrected chi connectivity index (χ2v) is 7.80. The van der Waals surface area contributed by atoms with E-state index in [9.17, 15) is 22.8 Å². The number of rotatable bonds is 5. The van der Waals surface area contributed by atoms with Crippen LogP contribution in [-0.2, 0) is 17.5 Å². The number of carbonyl (C=O) groups is 1. The summed E-state index contributed by atoms with van der Waals surface area (Å²) in [4.78, 5) is 27.0. The zero-order valence-electron chi connectivity index (χ0n) is 16.2. The quantitative estimate of drug-likeness (QED) is 0.607. The van der Waals surface area contributed by atoms with Gasteiger partial charge in [-0.3, -0.25) is 9.78 Å². The molecular formula is C21H18ClF3N4O2. The summed E-state index contributed by atoms with van der Waals surface area (Å²) in [6.07, 6.45) is -1.60. The van der Waals surface area contributed by atoms with Crippen LogP contribution in [-0.4, -0.2) is 20.7 Å². The maximum atomic E-state index is 12.8. The minimum absolute atomic E-state index is 0.0164. The van der Waals surface area contributed by atoms with Gasteiger partial charge in [0.15, 0.2) is 5.82 Å². The van der Waals surface area contributed by atoms with Crippen LogP contribution >= 0.6 is 11.6 Å². The smallest absolute Gasteiger partial charge is 0.352 e. The number of nitrogens with zero attached hydrogens (tertiary/aromatic N) is 2. The van der Waals surface area contributed by atoms with Crippen molar-refractivity contribution in [3.05, 3.63) is 69.1 Å². The van der Waals surface area contributed by atoms with Crippen LogP contribution in [0, 0.1) is 5.92 Å². The van der Waals surface area contributed by atoms with E-state index in [0.717, 1.165) is 41.6 Å². The molecule has 1 aromatic heterocycles. The van der Waals surface area contributed by atoms with Gasteiger partial charge in [-0.25, -0.2) is 4.79 Å². The first-order valence-corrected chi connectivity index (χ1v) is 10.0. The van der Waals surface area contributed by atoms with Crippen LogP contribution in [0.5, 0.6) is 0 Å². The molecule has 0 saturated heterocycles. The first-order chi connectivity index (χ1) is 14.7. The third kappa shape index (κ3) is 4.51. The van der Waals surface area contributed by atoms with E-state index in [0.29, 0.717) is 17.1 Å². The van der Waals surface area contributed by atoms with Crippen molar-refractivity contribution in [2.75, 3.05) is 0 Å². The molecule has 162 valence electrons. The lowest BCUT2D eigenvalue weighted by molar-refractivity contribution is -0.137. The fraction of sp³-hybridized carbons (Fsp3) is 0.286. The second-order valence-electron chi connectivity index (χ2n) is 7.40. The summed E-state index contributed by atoms with van der Waals surface area (Å²) < 4.78 is 39.2. The summed E-state index contributed by atoms with van der Waals surface area (Å²) in [7, 11) is 0. The number of carbonyl (C=O) groups excluding carboxylic acids is 1. The molecule has 6 nitrogen and oxygen atoms in total. The molecule has 10 heteroatoms. The molecule has 0 unspecified atom stereocenters. The third-order valence-corrected chi connectivity index (χ3v) is 5.62. The topological polar surface area (TPSA) is 79.8 Å². The summed E-state index contributed by atoms with van der Waals surface area (Å²) in [5.41, 5.74) is -0.0355. The van der Waals surface area contributed by atoms with Gasteiger partial charge in [0.25, 0.3) is 0 Å². The van der Waals surface area contributed by atoms with E-state index in [4.69, 9.17) is 11.6 Å². The van der Waals surface area contributed by atoms with E-state index < -0.39 is 17.4 Å². The van der Waals surface area contributed by atoms with Crippen LogP contribution in [0.25, 0.3) is 17.1 Å².